The largest absolute Gasteiger partial charge is 2.00 e. The second-order valence-corrected chi connectivity index (χ2v) is 9.13. The van der Waals surface area contributed by atoms with Gasteiger partial charge in [-0.2, -0.15) is 37.1 Å². The standard InChI is InChI=1S/C28H19F3O.C7H11O2.C3H3O.2U/c1-2-3-16-32-26-15-13-23(18-25(26)29)24-14-12-21(27(30)28(24)31)11-9-19-8-10-20-6-4-5-7-22(20)17-19;1-3-5-6-9-7(8)4-2;1-2-3-4;;/h5-8,10,12-15,17-18H,1-3,16H2;4H,1-3,5-6H2;2H,1H2;;/q-2;2*-1;2*+2. The Bertz CT molecular complexity index is 1660. The number of unbranched alkanes of at least 4 members (excludes halogenated alkanes) is 2. The van der Waals surface area contributed by atoms with Crippen molar-refractivity contribution in [2.24, 2.45) is 0 Å². The van der Waals surface area contributed by atoms with Crippen molar-refractivity contribution >= 4 is 23.0 Å². The van der Waals surface area contributed by atoms with Crippen molar-refractivity contribution in [3.05, 3.63) is 141 Å². The van der Waals surface area contributed by atoms with Crippen molar-refractivity contribution in [2.75, 3.05) is 13.2 Å². The topological polar surface area (TPSA) is 52.6 Å². The first kappa shape index (κ1) is 44.0. The summed E-state index contributed by atoms with van der Waals surface area (Å²) in [6.07, 6.45) is 6.66. The molecule has 0 spiro atoms. The normalized spacial score (nSPS) is 9.30. The van der Waals surface area contributed by atoms with E-state index in [2.05, 4.69) is 49.6 Å². The molecular weight excluding hydrogens is 1050 g/mol. The fourth-order valence-electron chi connectivity index (χ4n) is 3.62. The van der Waals surface area contributed by atoms with Crippen molar-refractivity contribution < 1.29 is 94.5 Å². The Morgan fingerprint density at radius 3 is 2.23 bits per heavy atom. The molecule has 47 heavy (non-hydrogen) atoms. The number of ether oxygens (including phenoxy) is 2. The van der Waals surface area contributed by atoms with Gasteiger partial charge in [0.05, 0.1) is 18.8 Å². The molecule has 0 fully saturated rings. The summed E-state index contributed by atoms with van der Waals surface area (Å²) in [6, 6.07) is 21.0. The third-order valence-corrected chi connectivity index (χ3v) is 5.89. The van der Waals surface area contributed by atoms with Gasteiger partial charge in [0.25, 0.3) is 0 Å². The molecule has 0 bridgehead atoms. The number of rotatable bonds is 10. The van der Waals surface area contributed by atoms with Gasteiger partial charge in [0.15, 0.2) is 23.2 Å². The molecule has 0 heterocycles. The van der Waals surface area contributed by atoms with Crippen LogP contribution in [0, 0.1) is 111 Å². The van der Waals surface area contributed by atoms with Crippen molar-refractivity contribution in [1.82, 2.24) is 0 Å². The molecule has 0 saturated heterocycles. The van der Waals surface area contributed by atoms with Crippen LogP contribution in [0.4, 0.5) is 13.2 Å². The van der Waals surface area contributed by atoms with Gasteiger partial charge in [-0.25, -0.2) is 30.6 Å². The number of carbonyl (C=O) groups excluding carboxylic acids is 2. The molecule has 0 atom stereocenters. The molecule has 4 aromatic rings. The Balaban J connectivity index is 0.00000120. The van der Waals surface area contributed by atoms with Crippen LogP contribution in [0.2, 0.25) is 0 Å². The SMILES string of the molecule is C=CC(=O)OCCC[CH2-].C=C[C-]=O.[CH2-]CCCOc1ccc(-c2ccc(C#Cc3ccc4c[c-]ccc4c3)c(F)c2F)cc1F.[U+2].[U+2]. The Morgan fingerprint density at radius 2 is 1.60 bits per heavy atom. The predicted octanol–water partition coefficient (Wildman–Crippen LogP) is 8.73. The van der Waals surface area contributed by atoms with E-state index in [4.69, 9.17) is 9.53 Å². The van der Waals surface area contributed by atoms with E-state index >= 15 is 0 Å². The fourth-order valence-corrected chi connectivity index (χ4v) is 3.62. The van der Waals surface area contributed by atoms with Gasteiger partial charge < -0.3 is 28.1 Å². The zero-order valence-electron chi connectivity index (χ0n) is 25.8. The fraction of sp³-hybridized carbons (Fsp3) is 0.158. The smallest absolute Gasteiger partial charge is 0.491 e. The minimum absolute atomic E-state index is 0. The molecule has 4 rings (SSSR count). The summed E-state index contributed by atoms with van der Waals surface area (Å²) < 4.78 is 53.7. The molecule has 0 aliphatic heterocycles. The first-order valence-electron chi connectivity index (χ1n) is 14.0. The van der Waals surface area contributed by atoms with Crippen LogP contribution in [0.25, 0.3) is 21.9 Å². The first-order valence-corrected chi connectivity index (χ1v) is 14.0. The monoisotopic (exact) mass is 1090 g/mol. The Labute approximate surface area is 323 Å². The van der Waals surface area contributed by atoms with Crippen LogP contribution in [0.1, 0.15) is 36.8 Å². The van der Waals surface area contributed by atoms with Gasteiger partial charge in [-0.05, 0) is 49.0 Å². The molecule has 9 heteroatoms. The molecule has 4 nitrogen and oxygen atoms in total. The summed E-state index contributed by atoms with van der Waals surface area (Å²) in [5.41, 5.74) is 0.790. The average Bonchev–Trinajstić information content (AvgIpc) is 3.06. The van der Waals surface area contributed by atoms with Crippen molar-refractivity contribution in [1.29, 1.82) is 0 Å². The number of hydrogen-bond donors (Lipinski definition) is 0. The van der Waals surface area contributed by atoms with Crippen LogP contribution in [0.5, 0.6) is 5.75 Å². The predicted molar refractivity (Wildman–Crippen MR) is 172 cm³/mol. The van der Waals surface area contributed by atoms with Crippen molar-refractivity contribution in [3.8, 4) is 28.7 Å². The molecule has 0 N–H and O–H groups in total. The summed E-state index contributed by atoms with van der Waals surface area (Å²) in [6.45, 7) is 14.4. The van der Waals surface area contributed by atoms with E-state index < -0.39 is 17.5 Å². The van der Waals surface area contributed by atoms with Crippen molar-refractivity contribution in [2.45, 2.75) is 25.7 Å². The van der Waals surface area contributed by atoms with Gasteiger partial charge in [0.2, 0.25) is 0 Å². The van der Waals surface area contributed by atoms with Crippen LogP contribution >= 0.6 is 0 Å². The third kappa shape index (κ3) is 15.2. The van der Waals surface area contributed by atoms with Gasteiger partial charge in [0, 0.05) is 17.2 Å². The second kappa shape index (κ2) is 25.1. The number of halogens is 3. The van der Waals surface area contributed by atoms with Crippen LogP contribution in [-0.4, -0.2) is 25.5 Å². The number of hydrogen-bond acceptors (Lipinski definition) is 4. The zero-order valence-corrected chi connectivity index (χ0v) is 34.2. The molecule has 0 aliphatic rings. The zero-order chi connectivity index (χ0) is 33.0. The van der Waals surface area contributed by atoms with E-state index in [1.54, 1.807) is 6.07 Å². The molecule has 0 radical (unpaired) electrons. The van der Waals surface area contributed by atoms with E-state index in [1.165, 1.54) is 30.6 Å². The number of fused-ring (bicyclic) bond motifs is 1. The quantitative estimate of drug-likeness (QED) is 0.0525. The van der Waals surface area contributed by atoms with Gasteiger partial charge in [-0.15, -0.1) is 16.8 Å². The Morgan fingerprint density at radius 1 is 0.894 bits per heavy atom. The van der Waals surface area contributed by atoms with E-state index in [9.17, 15) is 18.0 Å². The van der Waals surface area contributed by atoms with Crippen LogP contribution in [0.15, 0.2) is 92.0 Å². The maximum atomic E-state index is 14.8. The van der Waals surface area contributed by atoms with Crippen LogP contribution in [-0.2, 0) is 14.3 Å². The molecule has 0 aliphatic carbocycles. The van der Waals surface area contributed by atoms with Gasteiger partial charge in [-0.1, -0.05) is 36.6 Å². The first-order chi connectivity index (χ1) is 21.8. The third-order valence-electron chi connectivity index (χ3n) is 5.89. The van der Waals surface area contributed by atoms with Gasteiger partial charge >= 0.3 is 68.2 Å². The molecule has 0 aromatic heterocycles. The molecule has 0 unspecified atom stereocenters. The van der Waals surface area contributed by atoms with E-state index in [1.807, 2.05) is 30.3 Å². The summed E-state index contributed by atoms with van der Waals surface area (Å²) >= 11 is 0. The second-order valence-electron chi connectivity index (χ2n) is 9.13. The Hall–Kier alpha value is -2.99. The average molecular weight is 1090 g/mol. The summed E-state index contributed by atoms with van der Waals surface area (Å²) in [5.74, 6) is 2.50. The molecule has 0 amide bonds. The number of carbonyl (C=O) groups is 1. The summed E-state index contributed by atoms with van der Waals surface area (Å²) in [5, 5.41) is 2.00. The summed E-state index contributed by atoms with van der Waals surface area (Å²) in [4.78, 5) is 19.3. The van der Waals surface area contributed by atoms with Gasteiger partial charge in [0.1, 0.15) is 0 Å². The number of benzene rings is 4. The maximum Gasteiger partial charge on any atom is 2.00 e. The maximum absolute atomic E-state index is 14.8. The molecule has 0 saturated carbocycles. The van der Waals surface area contributed by atoms with E-state index in [0.29, 0.717) is 31.6 Å². The van der Waals surface area contributed by atoms with Gasteiger partial charge in [-0.3, -0.25) is 0 Å². The van der Waals surface area contributed by atoms with Crippen LogP contribution in [0.3, 0.4) is 0 Å². The van der Waals surface area contributed by atoms with E-state index in [-0.39, 0.29) is 90.6 Å². The van der Waals surface area contributed by atoms with E-state index in [0.717, 1.165) is 41.8 Å². The molecule has 238 valence electrons. The van der Waals surface area contributed by atoms with Crippen LogP contribution < -0.4 is 4.74 Å². The molecular formula is C38H33F3O4U2. The Kier molecular flexibility index (Phi) is 23.5. The minimum Gasteiger partial charge on any atom is -0.491 e. The number of esters is 1. The number of allylic oxidation sites excluding steroid dienone is 1. The minimum atomic E-state index is -1.07. The summed E-state index contributed by atoms with van der Waals surface area (Å²) in [7, 11) is 0. The molecule has 4 aromatic carbocycles. The van der Waals surface area contributed by atoms with Crippen molar-refractivity contribution in [3.63, 3.8) is 0 Å².